The van der Waals surface area contributed by atoms with Crippen molar-refractivity contribution < 1.29 is 8.42 Å². The quantitative estimate of drug-likeness (QED) is 0.909. The molecule has 0 saturated carbocycles. The van der Waals surface area contributed by atoms with Crippen molar-refractivity contribution in [2.45, 2.75) is 18.4 Å². The molecular formula is C15H16BrNO2S. The number of halogens is 1. The van der Waals surface area contributed by atoms with Crippen LogP contribution >= 0.6 is 15.9 Å². The Balaban J connectivity index is 2.21. The Bertz CT molecular complexity index is 726. The molecule has 0 aliphatic heterocycles. The van der Waals surface area contributed by atoms with Gasteiger partial charge >= 0.3 is 0 Å². The molecule has 3 nitrogen and oxygen atoms in total. The second kappa shape index (κ2) is 5.97. The van der Waals surface area contributed by atoms with Crippen molar-refractivity contribution in [3.8, 4) is 0 Å². The summed E-state index contributed by atoms with van der Waals surface area (Å²) >= 11 is 3.46. The minimum absolute atomic E-state index is 0.328. The first-order valence-electron chi connectivity index (χ1n) is 6.16. The number of para-hydroxylation sites is 1. The van der Waals surface area contributed by atoms with Crippen LogP contribution in [0.5, 0.6) is 0 Å². The van der Waals surface area contributed by atoms with Crippen LogP contribution in [0.25, 0.3) is 0 Å². The number of nitrogens with one attached hydrogen (secondary N) is 1. The van der Waals surface area contributed by atoms with Crippen molar-refractivity contribution >= 4 is 31.5 Å². The van der Waals surface area contributed by atoms with Gasteiger partial charge in [-0.1, -0.05) is 40.2 Å². The van der Waals surface area contributed by atoms with Gasteiger partial charge in [0.25, 0.3) is 0 Å². The molecule has 0 spiro atoms. The number of hydrogen-bond acceptors (Lipinski definition) is 3. The lowest BCUT2D eigenvalue weighted by molar-refractivity contribution is 0.602. The zero-order valence-corrected chi connectivity index (χ0v) is 13.8. The molecule has 0 aromatic heterocycles. The highest BCUT2D eigenvalue weighted by Crippen LogP contribution is 2.22. The number of anilines is 1. The molecule has 2 rings (SSSR count). The predicted octanol–water partition coefficient (Wildman–Crippen LogP) is 3.77. The Morgan fingerprint density at radius 3 is 2.50 bits per heavy atom. The first-order valence-corrected chi connectivity index (χ1v) is 8.84. The van der Waals surface area contributed by atoms with E-state index in [4.69, 9.17) is 0 Å². The zero-order chi connectivity index (χ0) is 14.8. The van der Waals surface area contributed by atoms with E-state index in [1.807, 2.05) is 25.1 Å². The molecule has 5 heteroatoms. The first-order chi connectivity index (χ1) is 9.38. The number of benzene rings is 2. The molecule has 0 atom stereocenters. The maximum absolute atomic E-state index is 11.7. The molecule has 0 heterocycles. The number of rotatable bonds is 4. The second-order valence-electron chi connectivity index (χ2n) is 4.71. The Hall–Kier alpha value is -1.33. The normalized spacial score (nSPS) is 11.3. The maximum atomic E-state index is 11.7. The average Bonchev–Trinajstić information content (AvgIpc) is 2.39. The molecule has 0 unspecified atom stereocenters. The molecule has 2 aromatic rings. The lowest BCUT2D eigenvalue weighted by atomic mass is 10.1. The average molecular weight is 354 g/mol. The van der Waals surface area contributed by atoms with Crippen molar-refractivity contribution in [1.82, 2.24) is 0 Å². The zero-order valence-electron chi connectivity index (χ0n) is 11.4. The molecule has 20 heavy (non-hydrogen) atoms. The Morgan fingerprint density at radius 1 is 1.15 bits per heavy atom. The third kappa shape index (κ3) is 3.61. The SMILES string of the molecule is Cc1cc(CNc2ccccc2S(C)(=O)=O)ccc1Br. The van der Waals surface area contributed by atoms with Gasteiger partial charge in [-0.25, -0.2) is 8.42 Å². The Kier molecular flexibility index (Phi) is 4.50. The summed E-state index contributed by atoms with van der Waals surface area (Å²) < 4.78 is 24.5. The van der Waals surface area contributed by atoms with Crippen LogP contribution in [-0.2, 0) is 16.4 Å². The van der Waals surface area contributed by atoms with Crippen LogP contribution in [0.2, 0.25) is 0 Å². The summed E-state index contributed by atoms with van der Waals surface area (Å²) in [6.45, 7) is 2.61. The highest BCUT2D eigenvalue weighted by atomic mass is 79.9. The second-order valence-corrected chi connectivity index (χ2v) is 7.54. The van der Waals surface area contributed by atoms with E-state index in [9.17, 15) is 8.42 Å². The molecule has 2 aromatic carbocycles. The van der Waals surface area contributed by atoms with E-state index >= 15 is 0 Å². The van der Waals surface area contributed by atoms with Crippen molar-refractivity contribution in [3.63, 3.8) is 0 Å². The fraction of sp³-hybridized carbons (Fsp3) is 0.200. The number of aryl methyl sites for hydroxylation is 1. The maximum Gasteiger partial charge on any atom is 0.177 e. The van der Waals surface area contributed by atoms with Gasteiger partial charge in [-0.2, -0.15) is 0 Å². The van der Waals surface area contributed by atoms with Crippen LogP contribution in [0.1, 0.15) is 11.1 Å². The van der Waals surface area contributed by atoms with E-state index in [0.29, 0.717) is 17.1 Å². The molecule has 0 aliphatic rings. The van der Waals surface area contributed by atoms with Gasteiger partial charge in [0.15, 0.2) is 9.84 Å². The summed E-state index contributed by atoms with van der Waals surface area (Å²) in [5.41, 5.74) is 2.89. The van der Waals surface area contributed by atoms with Crippen LogP contribution in [0, 0.1) is 6.92 Å². The number of hydrogen-bond donors (Lipinski definition) is 1. The smallest absolute Gasteiger partial charge is 0.177 e. The standard InChI is InChI=1S/C15H16BrNO2S/c1-11-9-12(7-8-13(11)16)10-17-14-5-3-4-6-15(14)20(2,18)19/h3-9,17H,10H2,1-2H3. The first kappa shape index (κ1) is 15.1. The molecule has 0 aliphatic carbocycles. The summed E-state index contributed by atoms with van der Waals surface area (Å²) in [4.78, 5) is 0.328. The van der Waals surface area contributed by atoms with Gasteiger partial charge in [-0.05, 0) is 36.2 Å². The fourth-order valence-electron chi connectivity index (χ4n) is 1.95. The van der Waals surface area contributed by atoms with Gasteiger partial charge < -0.3 is 5.32 Å². The molecular weight excluding hydrogens is 338 g/mol. The molecule has 0 saturated heterocycles. The predicted molar refractivity (Wildman–Crippen MR) is 85.8 cm³/mol. The van der Waals surface area contributed by atoms with Crippen LogP contribution in [0.4, 0.5) is 5.69 Å². The van der Waals surface area contributed by atoms with Crippen molar-refractivity contribution in [3.05, 3.63) is 58.1 Å². The fourth-order valence-corrected chi connectivity index (χ4v) is 3.06. The van der Waals surface area contributed by atoms with Crippen LogP contribution in [-0.4, -0.2) is 14.7 Å². The largest absolute Gasteiger partial charge is 0.380 e. The van der Waals surface area contributed by atoms with Crippen molar-refractivity contribution in [1.29, 1.82) is 0 Å². The monoisotopic (exact) mass is 353 g/mol. The third-order valence-corrected chi connectivity index (χ3v) is 5.04. The van der Waals surface area contributed by atoms with Gasteiger partial charge in [0.1, 0.15) is 0 Å². The van der Waals surface area contributed by atoms with Gasteiger partial charge in [0.05, 0.1) is 10.6 Å². The summed E-state index contributed by atoms with van der Waals surface area (Å²) in [6, 6.07) is 13.0. The molecule has 1 N–H and O–H groups in total. The Labute approximate surface area is 128 Å². The van der Waals surface area contributed by atoms with E-state index in [0.717, 1.165) is 15.6 Å². The Morgan fingerprint density at radius 2 is 1.85 bits per heavy atom. The van der Waals surface area contributed by atoms with Gasteiger partial charge in [-0.15, -0.1) is 0 Å². The molecule has 0 bridgehead atoms. The summed E-state index contributed by atoms with van der Waals surface area (Å²) in [6.07, 6.45) is 1.22. The molecule has 106 valence electrons. The van der Waals surface area contributed by atoms with Crippen molar-refractivity contribution in [2.75, 3.05) is 11.6 Å². The minimum atomic E-state index is -3.22. The lowest BCUT2D eigenvalue weighted by Gasteiger charge is -2.11. The highest BCUT2D eigenvalue weighted by molar-refractivity contribution is 9.10. The van der Waals surface area contributed by atoms with Gasteiger partial charge in [0.2, 0.25) is 0 Å². The minimum Gasteiger partial charge on any atom is -0.380 e. The topological polar surface area (TPSA) is 46.2 Å². The van der Waals surface area contributed by atoms with Crippen molar-refractivity contribution in [2.24, 2.45) is 0 Å². The summed E-state index contributed by atoms with van der Waals surface area (Å²) in [5, 5.41) is 3.19. The van der Waals surface area contributed by atoms with Crippen LogP contribution < -0.4 is 5.32 Å². The van der Waals surface area contributed by atoms with Gasteiger partial charge in [0, 0.05) is 17.3 Å². The van der Waals surface area contributed by atoms with Crippen LogP contribution in [0.15, 0.2) is 51.8 Å². The molecule has 0 fully saturated rings. The van der Waals surface area contributed by atoms with E-state index in [-0.39, 0.29) is 0 Å². The molecule has 0 amide bonds. The summed E-state index contributed by atoms with van der Waals surface area (Å²) in [5.74, 6) is 0. The van der Waals surface area contributed by atoms with E-state index in [1.165, 1.54) is 6.26 Å². The summed E-state index contributed by atoms with van der Waals surface area (Å²) in [7, 11) is -3.22. The van der Waals surface area contributed by atoms with Gasteiger partial charge in [-0.3, -0.25) is 0 Å². The third-order valence-electron chi connectivity index (χ3n) is 2.99. The highest BCUT2D eigenvalue weighted by Gasteiger charge is 2.12. The van der Waals surface area contributed by atoms with Crippen LogP contribution in [0.3, 0.4) is 0 Å². The number of sulfone groups is 1. The lowest BCUT2D eigenvalue weighted by Crippen LogP contribution is -2.06. The van der Waals surface area contributed by atoms with E-state index in [1.54, 1.807) is 18.2 Å². The van der Waals surface area contributed by atoms with E-state index < -0.39 is 9.84 Å². The molecule has 0 radical (unpaired) electrons. The van der Waals surface area contributed by atoms with E-state index in [2.05, 4.69) is 27.3 Å².